The number of amides is 1. The molecule has 2 aromatic rings. The van der Waals surface area contributed by atoms with Crippen LogP contribution < -0.4 is 4.74 Å². The van der Waals surface area contributed by atoms with E-state index in [4.69, 9.17) is 9.47 Å². The van der Waals surface area contributed by atoms with E-state index in [0.29, 0.717) is 18.9 Å². The largest absolute Gasteiger partial charge is 0.491 e. The number of rotatable bonds is 6. The first-order valence-electron chi connectivity index (χ1n) is 10.5. The first-order valence-corrected chi connectivity index (χ1v) is 10.5. The van der Waals surface area contributed by atoms with E-state index in [9.17, 15) is 9.18 Å². The number of halogens is 1. The molecule has 2 aliphatic heterocycles. The highest BCUT2D eigenvalue weighted by molar-refractivity contribution is 5.78. The second kappa shape index (κ2) is 9.14. The molecule has 4 rings (SSSR count). The molecule has 0 bridgehead atoms. The number of hydrogen-bond acceptors (Lipinski definition) is 5. The molecule has 7 nitrogen and oxygen atoms in total. The number of nitrogens with one attached hydrogen (secondary N) is 1. The van der Waals surface area contributed by atoms with Gasteiger partial charge in [0, 0.05) is 36.9 Å². The SMILES string of the molecule is Cc1n[nH]c(C)c1CN1CCC(N2C[C@H](COc3ccc(F)cc3)OCC2=O)CC1. The van der Waals surface area contributed by atoms with Crippen molar-refractivity contribution < 1.29 is 18.7 Å². The van der Waals surface area contributed by atoms with E-state index >= 15 is 0 Å². The summed E-state index contributed by atoms with van der Waals surface area (Å²) in [4.78, 5) is 16.9. The molecule has 2 aliphatic rings. The number of aromatic amines is 1. The van der Waals surface area contributed by atoms with E-state index in [1.807, 2.05) is 11.8 Å². The Bertz CT molecular complexity index is 842. The van der Waals surface area contributed by atoms with E-state index in [1.165, 1.54) is 17.7 Å². The summed E-state index contributed by atoms with van der Waals surface area (Å²) in [7, 11) is 0. The minimum atomic E-state index is -0.294. The first-order chi connectivity index (χ1) is 14.5. The molecule has 0 unspecified atom stereocenters. The number of aromatic nitrogens is 2. The van der Waals surface area contributed by atoms with Crippen LogP contribution >= 0.6 is 0 Å². The summed E-state index contributed by atoms with van der Waals surface area (Å²) in [5.74, 6) is 0.354. The van der Waals surface area contributed by atoms with Gasteiger partial charge in [-0.1, -0.05) is 0 Å². The molecular formula is C22H29FN4O3. The van der Waals surface area contributed by atoms with Gasteiger partial charge in [0.05, 0.1) is 12.2 Å². The summed E-state index contributed by atoms with van der Waals surface area (Å²) in [6.07, 6.45) is 1.72. The number of piperidine rings is 1. The van der Waals surface area contributed by atoms with Crippen molar-refractivity contribution >= 4 is 5.91 Å². The third kappa shape index (κ3) is 4.82. The smallest absolute Gasteiger partial charge is 0.248 e. The number of aryl methyl sites for hydroxylation is 2. The predicted molar refractivity (Wildman–Crippen MR) is 110 cm³/mol. The average molecular weight is 416 g/mol. The minimum absolute atomic E-state index is 0.0491. The Morgan fingerprint density at radius 1 is 1.23 bits per heavy atom. The van der Waals surface area contributed by atoms with Crippen LogP contribution in [0.2, 0.25) is 0 Å². The zero-order chi connectivity index (χ0) is 21.1. The molecule has 8 heteroatoms. The third-order valence-electron chi connectivity index (χ3n) is 6.07. The summed E-state index contributed by atoms with van der Waals surface area (Å²) in [6, 6.07) is 6.17. The van der Waals surface area contributed by atoms with Crippen LogP contribution in [-0.2, 0) is 16.1 Å². The van der Waals surface area contributed by atoms with Gasteiger partial charge in [0.25, 0.3) is 0 Å². The molecule has 0 radical (unpaired) electrons. The predicted octanol–water partition coefficient (Wildman–Crippen LogP) is 2.44. The lowest BCUT2D eigenvalue weighted by atomic mass is 10.0. The molecule has 0 spiro atoms. The Kier molecular flexibility index (Phi) is 6.34. The summed E-state index contributed by atoms with van der Waals surface area (Å²) in [6.45, 7) is 7.86. The summed E-state index contributed by atoms with van der Waals surface area (Å²) >= 11 is 0. The maximum Gasteiger partial charge on any atom is 0.248 e. The van der Waals surface area contributed by atoms with Gasteiger partial charge in [0.1, 0.15) is 30.9 Å². The number of benzene rings is 1. The fourth-order valence-corrected chi connectivity index (χ4v) is 4.24. The first kappa shape index (κ1) is 20.8. The van der Waals surface area contributed by atoms with Gasteiger partial charge in [-0.05, 0) is 51.0 Å². The Hall–Kier alpha value is -2.45. The molecule has 1 aromatic heterocycles. The zero-order valence-corrected chi connectivity index (χ0v) is 17.6. The Labute approximate surface area is 176 Å². The van der Waals surface area contributed by atoms with Crippen molar-refractivity contribution in [1.29, 1.82) is 0 Å². The lowest BCUT2D eigenvalue weighted by molar-refractivity contribution is -0.155. The molecule has 30 heavy (non-hydrogen) atoms. The quantitative estimate of drug-likeness (QED) is 0.783. The van der Waals surface area contributed by atoms with Crippen molar-refractivity contribution in [2.75, 3.05) is 32.8 Å². The molecule has 2 saturated heterocycles. The maximum atomic E-state index is 13.0. The fourth-order valence-electron chi connectivity index (χ4n) is 4.24. The normalized spacial score (nSPS) is 21.2. The Morgan fingerprint density at radius 3 is 2.63 bits per heavy atom. The van der Waals surface area contributed by atoms with Crippen molar-refractivity contribution in [3.63, 3.8) is 0 Å². The van der Waals surface area contributed by atoms with Gasteiger partial charge in [0.15, 0.2) is 0 Å². The highest BCUT2D eigenvalue weighted by Gasteiger charge is 2.34. The minimum Gasteiger partial charge on any atom is -0.491 e. The van der Waals surface area contributed by atoms with Gasteiger partial charge in [-0.15, -0.1) is 0 Å². The van der Waals surface area contributed by atoms with E-state index in [-0.39, 0.29) is 30.5 Å². The van der Waals surface area contributed by atoms with Crippen molar-refractivity contribution in [2.24, 2.45) is 0 Å². The number of carbonyl (C=O) groups is 1. The molecule has 162 valence electrons. The van der Waals surface area contributed by atoms with Crippen molar-refractivity contribution in [3.05, 3.63) is 47.0 Å². The van der Waals surface area contributed by atoms with Crippen molar-refractivity contribution in [3.8, 4) is 5.75 Å². The third-order valence-corrected chi connectivity index (χ3v) is 6.07. The lowest BCUT2D eigenvalue weighted by Crippen LogP contribution is -2.55. The molecule has 2 fully saturated rings. The van der Waals surface area contributed by atoms with Crippen LogP contribution in [0.25, 0.3) is 0 Å². The fraction of sp³-hybridized carbons (Fsp3) is 0.545. The number of ether oxygens (including phenoxy) is 2. The monoisotopic (exact) mass is 416 g/mol. The Morgan fingerprint density at radius 2 is 1.97 bits per heavy atom. The molecule has 1 atom stereocenters. The van der Waals surface area contributed by atoms with Gasteiger partial charge >= 0.3 is 0 Å². The lowest BCUT2D eigenvalue weighted by Gasteiger charge is -2.42. The standard InChI is InChI=1S/C22H29FN4O3/c1-15-21(16(2)25-24-15)12-26-9-7-18(8-10-26)27-11-20(30-14-22(27)28)13-29-19-5-3-17(23)4-6-19/h3-6,18,20H,7-14H2,1-2H3,(H,24,25)/t20-/m1/s1. The molecule has 3 heterocycles. The number of nitrogens with zero attached hydrogens (tertiary/aromatic N) is 3. The summed E-state index contributed by atoms with van der Waals surface area (Å²) in [5.41, 5.74) is 3.46. The summed E-state index contributed by atoms with van der Waals surface area (Å²) < 4.78 is 24.4. The highest BCUT2D eigenvalue weighted by Crippen LogP contribution is 2.23. The van der Waals surface area contributed by atoms with E-state index < -0.39 is 0 Å². The molecular weight excluding hydrogens is 387 g/mol. The van der Waals surface area contributed by atoms with E-state index in [1.54, 1.807) is 12.1 Å². The molecule has 0 saturated carbocycles. The van der Waals surface area contributed by atoms with Crippen LogP contribution in [0.3, 0.4) is 0 Å². The van der Waals surface area contributed by atoms with Gasteiger partial charge in [0.2, 0.25) is 5.91 Å². The number of morpholine rings is 1. The van der Waals surface area contributed by atoms with Crippen LogP contribution in [0.4, 0.5) is 4.39 Å². The summed E-state index contributed by atoms with van der Waals surface area (Å²) in [5, 5.41) is 7.33. The second-order valence-electron chi connectivity index (χ2n) is 8.16. The maximum absolute atomic E-state index is 13.0. The number of likely N-dealkylation sites (tertiary alicyclic amines) is 1. The van der Waals surface area contributed by atoms with Gasteiger partial charge < -0.3 is 14.4 Å². The molecule has 1 aromatic carbocycles. The molecule has 1 N–H and O–H groups in total. The van der Waals surface area contributed by atoms with Crippen LogP contribution in [0.1, 0.15) is 29.8 Å². The highest BCUT2D eigenvalue weighted by atomic mass is 19.1. The zero-order valence-electron chi connectivity index (χ0n) is 17.6. The van der Waals surface area contributed by atoms with Crippen LogP contribution in [0.5, 0.6) is 5.75 Å². The molecule has 0 aliphatic carbocycles. The van der Waals surface area contributed by atoms with Gasteiger partial charge in [-0.25, -0.2) is 4.39 Å². The van der Waals surface area contributed by atoms with Crippen LogP contribution in [0, 0.1) is 19.7 Å². The molecule has 1 amide bonds. The second-order valence-corrected chi connectivity index (χ2v) is 8.16. The average Bonchev–Trinajstić information content (AvgIpc) is 3.07. The van der Waals surface area contributed by atoms with Crippen LogP contribution in [-0.4, -0.2) is 70.9 Å². The number of H-pyrrole nitrogens is 1. The van der Waals surface area contributed by atoms with Crippen molar-refractivity contribution in [1.82, 2.24) is 20.0 Å². The number of hydrogen-bond donors (Lipinski definition) is 1. The van der Waals surface area contributed by atoms with E-state index in [0.717, 1.165) is 43.9 Å². The Balaban J connectivity index is 1.28. The van der Waals surface area contributed by atoms with Gasteiger partial charge in [-0.3, -0.25) is 14.8 Å². The van der Waals surface area contributed by atoms with Crippen molar-refractivity contribution in [2.45, 2.75) is 45.4 Å². The number of carbonyl (C=O) groups excluding carboxylic acids is 1. The topological polar surface area (TPSA) is 70.7 Å². The van der Waals surface area contributed by atoms with Gasteiger partial charge in [-0.2, -0.15) is 5.10 Å². The van der Waals surface area contributed by atoms with Crippen LogP contribution in [0.15, 0.2) is 24.3 Å². The van der Waals surface area contributed by atoms with E-state index in [2.05, 4.69) is 22.0 Å².